The summed E-state index contributed by atoms with van der Waals surface area (Å²) in [6.07, 6.45) is -0.265. The normalized spacial score (nSPS) is 22.3. The molecule has 0 aromatic heterocycles. The van der Waals surface area contributed by atoms with Crippen LogP contribution in [0.1, 0.15) is 21.5 Å². The molecule has 0 amide bonds. The van der Waals surface area contributed by atoms with E-state index in [9.17, 15) is 29.0 Å². The Hall–Kier alpha value is -2.42. The van der Waals surface area contributed by atoms with Gasteiger partial charge in [0.15, 0.2) is 11.2 Å². The summed E-state index contributed by atoms with van der Waals surface area (Å²) < 4.78 is 70.6. The summed E-state index contributed by atoms with van der Waals surface area (Å²) in [7, 11) is -9.00. The first-order chi connectivity index (χ1) is 11.8. The van der Waals surface area contributed by atoms with Crippen LogP contribution in [-0.4, -0.2) is 18.9 Å². The Bertz CT molecular complexity index is 940. The molecule has 0 aliphatic heterocycles. The zero-order chi connectivity index (χ0) is 19.4. The molecule has 0 bridgehead atoms. The van der Waals surface area contributed by atoms with Gasteiger partial charge in [0.05, 0.1) is 7.11 Å². The van der Waals surface area contributed by atoms with Crippen LogP contribution in [0.15, 0.2) is 53.4 Å². The molecule has 0 saturated heterocycles. The SMILES string of the molecule is COC(=O)C1(c2cccc(S(F)(F)(F)(F)F)c2)Cc2ccccc2C1=O. The van der Waals surface area contributed by atoms with E-state index in [-0.39, 0.29) is 24.1 Å². The van der Waals surface area contributed by atoms with Crippen LogP contribution in [0, 0.1) is 0 Å². The molecule has 1 aliphatic rings. The minimum Gasteiger partial charge on any atom is -0.468 e. The fourth-order valence-corrected chi connectivity index (χ4v) is 3.87. The lowest BCUT2D eigenvalue weighted by Crippen LogP contribution is -2.43. The molecule has 26 heavy (non-hydrogen) atoms. The van der Waals surface area contributed by atoms with Crippen LogP contribution >= 0.6 is 10.2 Å². The second kappa shape index (κ2) is 4.85. The van der Waals surface area contributed by atoms with Gasteiger partial charge in [-0.1, -0.05) is 55.8 Å². The van der Waals surface area contributed by atoms with Gasteiger partial charge in [0.2, 0.25) is 0 Å². The lowest BCUT2D eigenvalue weighted by Gasteiger charge is -2.41. The Morgan fingerprint density at radius 1 is 1.04 bits per heavy atom. The topological polar surface area (TPSA) is 43.4 Å². The Balaban J connectivity index is 2.26. The Morgan fingerprint density at radius 2 is 1.69 bits per heavy atom. The Morgan fingerprint density at radius 3 is 2.27 bits per heavy atom. The molecule has 1 atom stereocenters. The minimum absolute atomic E-state index is 0.149. The first-order valence-electron chi connectivity index (χ1n) is 7.35. The van der Waals surface area contributed by atoms with E-state index in [0.717, 1.165) is 19.2 Å². The predicted octanol–water partition coefficient (Wildman–Crippen LogP) is 5.19. The molecule has 1 aliphatic carbocycles. The molecule has 3 nitrogen and oxygen atoms in total. The monoisotopic (exact) mass is 392 g/mol. The summed E-state index contributed by atoms with van der Waals surface area (Å²) in [5.74, 6) is -1.88. The number of benzene rings is 2. The van der Waals surface area contributed by atoms with Crippen molar-refractivity contribution < 1.29 is 33.8 Å². The Labute approximate surface area is 145 Å². The molecule has 0 heterocycles. The van der Waals surface area contributed by atoms with Gasteiger partial charge in [0.1, 0.15) is 4.90 Å². The van der Waals surface area contributed by atoms with Crippen molar-refractivity contribution in [2.24, 2.45) is 0 Å². The fourth-order valence-electron chi connectivity index (χ4n) is 3.18. The number of rotatable bonds is 3. The standard InChI is InChI=1S/C17H13F5O3S/c1-25-16(24)17(10-11-5-2-3-8-14(11)15(17)23)12-6-4-7-13(9-12)26(18,19,20,21)22/h2-9H,10H2,1H3. The van der Waals surface area contributed by atoms with E-state index in [4.69, 9.17) is 0 Å². The van der Waals surface area contributed by atoms with Crippen LogP contribution in [0.3, 0.4) is 0 Å². The number of fused-ring (bicyclic) bond motifs is 1. The minimum atomic E-state index is -9.98. The number of hydrogen-bond acceptors (Lipinski definition) is 3. The number of halogens is 5. The third-order valence-electron chi connectivity index (χ3n) is 4.41. The maximum atomic E-state index is 13.2. The molecule has 3 rings (SSSR count). The lowest BCUT2D eigenvalue weighted by molar-refractivity contribution is -0.145. The molecule has 2 aromatic rings. The summed E-state index contributed by atoms with van der Waals surface area (Å²) >= 11 is 0. The first-order valence-corrected chi connectivity index (χ1v) is 9.30. The molecular weight excluding hydrogens is 379 g/mol. The smallest absolute Gasteiger partial charge is 0.324 e. The van der Waals surface area contributed by atoms with Gasteiger partial charge >= 0.3 is 16.2 Å². The van der Waals surface area contributed by atoms with Crippen molar-refractivity contribution in [2.75, 3.05) is 7.11 Å². The zero-order valence-corrected chi connectivity index (χ0v) is 14.2. The molecule has 140 valence electrons. The van der Waals surface area contributed by atoms with Crippen molar-refractivity contribution in [2.45, 2.75) is 16.7 Å². The number of esters is 1. The molecule has 0 radical (unpaired) electrons. The van der Waals surface area contributed by atoms with Gasteiger partial charge in [-0.05, 0) is 23.3 Å². The van der Waals surface area contributed by atoms with Gasteiger partial charge in [-0.25, -0.2) is 0 Å². The van der Waals surface area contributed by atoms with Gasteiger partial charge in [-0.15, -0.1) is 0 Å². The highest BCUT2D eigenvalue weighted by atomic mass is 32.5. The number of methoxy groups -OCH3 is 1. The van der Waals surface area contributed by atoms with E-state index in [1.54, 1.807) is 12.1 Å². The maximum absolute atomic E-state index is 13.2. The van der Waals surface area contributed by atoms with Gasteiger partial charge in [-0.2, -0.15) is 0 Å². The molecular formula is C17H13F5O3S. The van der Waals surface area contributed by atoms with E-state index in [2.05, 4.69) is 4.74 Å². The predicted molar refractivity (Wildman–Crippen MR) is 86.0 cm³/mol. The Kier molecular flexibility index (Phi) is 3.42. The van der Waals surface area contributed by atoms with Crippen LogP contribution in [0.4, 0.5) is 19.4 Å². The number of carbonyl (C=O) groups is 2. The molecule has 0 N–H and O–H groups in total. The quantitative estimate of drug-likeness (QED) is 0.410. The second-order valence-electron chi connectivity index (χ2n) is 6.06. The summed E-state index contributed by atoms with van der Waals surface area (Å²) in [5.41, 5.74) is -2.02. The van der Waals surface area contributed by atoms with Crippen LogP contribution in [0.5, 0.6) is 0 Å². The third-order valence-corrected chi connectivity index (χ3v) is 5.56. The number of Topliss-reactive ketones (excluding diaryl/α,β-unsaturated/α-hetero) is 1. The number of ether oxygens (including phenoxy) is 1. The highest BCUT2D eigenvalue weighted by molar-refractivity contribution is 8.45. The molecule has 0 spiro atoms. The molecule has 0 fully saturated rings. The fraction of sp³-hybridized carbons (Fsp3) is 0.176. The van der Waals surface area contributed by atoms with E-state index in [0.29, 0.717) is 5.56 Å². The van der Waals surface area contributed by atoms with E-state index < -0.39 is 37.9 Å². The molecule has 0 saturated carbocycles. The highest BCUT2D eigenvalue weighted by Gasteiger charge is 2.66. The molecule has 9 heteroatoms. The van der Waals surface area contributed by atoms with Gasteiger partial charge < -0.3 is 4.74 Å². The number of carbonyl (C=O) groups excluding carboxylic acids is 2. The molecule has 2 aromatic carbocycles. The summed E-state index contributed by atoms with van der Waals surface area (Å²) in [5, 5.41) is 0. The average molecular weight is 392 g/mol. The van der Waals surface area contributed by atoms with Gasteiger partial charge in [-0.3, -0.25) is 9.59 Å². The maximum Gasteiger partial charge on any atom is 0.324 e. The summed E-state index contributed by atoms with van der Waals surface area (Å²) in [6, 6.07) is 8.31. The van der Waals surface area contributed by atoms with Crippen LogP contribution in [-0.2, 0) is 21.4 Å². The summed E-state index contributed by atoms with van der Waals surface area (Å²) in [4.78, 5) is 23.2. The third kappa shape index (κ3) is 2.76. The number of ketones is 1. The zero-order valence-electron chi connectivity index (χ0n) is 13.3. The average Bonchev–Trinajstić information content (AvgIpc) is 2.86. The van der Waals surface area contributed by atoms with Crippen molar-refractivity contribution >= 4 is 22.0 Å². The molecule has 1 unspecified atom stereocenters. The van der Waals surface area contributed by atoms with E-state index >= 15 is 0 Å². The van der Waals surface area contributed by atoms with Crippen molar-refractivity contribution in [3.8, 4) is 0 Å². The second-order valence-corrected chi connectivity index (χ2v) is 8.47. The van der Waals surface area contributed by atoms with Crippen molar-refractivity contribution in [1.82, 2.24) is 0 Å². The van der Waals surface area contributed by atoms with Crippen LogP contribution in [0.25, 0.3) is 0 Å². The first kappa shape index (κ1) is 18.4. The van der Waals surface area contributed by atoms with Crippen LogP contribution < -0.4 is 0 Å². The summed E-state index contributed by atoms with van der Waals surface area (Å²) in [6.45, 7) is 0. The van der Waals surface area contributed by atoms with E-state index in [1.807, 2.05) is 0 Å². The number of hydrogen-bond donors (Lipinski definition) is 0. The van der Waals surface area contributed by atoms with Crippen LogP contribution in [0.2, 0.25) is 0 Å². The van der Waals surface area contributed by atoms with E-state index in [1.165, 1.54) is 12.1 Å². The lowest BCUT2D eigenvalue weighted by atomic mass is 9.77. The van der Waals surface area contributed by atoms with Crippen molar-refractivity contribution in [3.63, 3.8) is 0 Å². The van der Waals surface area contributed by atoms with Crippen molar-refractivity contribution in [1.29, 1.82) is 0 Å². The largest absolute Gasteiger partial charge is 0.468 e. The van der Waals surface area contributed by atoms with Crippen molar-refractivity contribution in [3.05, 3.63) is 65.2 Å². The van der Waals surface area contributed by atoms with Gasteiger partial charge in [0, 0.05) is 12.0 Å². The highest BCUT2D eigenvalue weighted by Crippen LogP contribution is 3.02. The van der Waals surface area contributed by atoms with Gasteiger partial charge in [0.25, 0.3) is 0 Å².